The molecule has 2 nitrogen and oxygen atoms in total. The molecule has 0 aliphatic rings. The van der Waals surface area contributed by atoms with Gasteiger partial charge in [0.1, 0.15) is 0 Å². The van der Waals surface area contributed by atoms with Crippen LogP contribution in [0.5, 0.6) is 0 Å². The van der Waals surface area contributed by atoms with Crippen molar-refractivity contribution in [1.82, 2.24) is 0 Å². The quantitative estimate of drug-likeness (QED) is 0.561. The standard InChI is InChI=1S/C12H9BO2S3/c14-17-13(18-15)10-6-3-5-9-8-4-1-2-7-11(8)16-12(9)10/h1-7,14-15H. The maximum absolute atomic E-state index is 9.25. The van der Waals surface area contributed by atoms with E-state index < -0.39 is 0 Å². The fourth-order valence-electron chi connectivity index (χ4n) is 2.09. The van der Waals surface area contributed by atoms with Crippen LogP contribution >= 0.6 is 35.1 Å². The summed E-state index contributed by atoms with van der Waals surface area (Å²) in [7, 11) is 0. The molecule has 2 aromatic carbocycles. The van der Waals surface area contributed by atoms with Crippen LogP contribution in [0.15, 0.2) is 42.5 Å². The molecule has 90 valence electrons. The third-order valence-electron chi connectivity index (χ3n) is 2.88. The second-order valence-electron chi connectivity index (χ2n) is 3.86. The molecule has 1 aromatic heterocycles. The van der Waals surface area contributed by atoms with Crippen molar-refractivity contribution in [2.24, 2.45) is 0 Å². The normalized spacial score (nSPS) is 11.2. The van der Waals surface area contributed by atoms with Gasteiger partial charge in [-0.2, -0.15) is 0 Å². The Morgan fingerprint density at radius 1 is 0.889 bits per heavy atom. The van der Waals surface area contributed by atoms with E-state index in [1.807, 2.05) is 24.3 Å². The zero-order valence-corrected chi connectivity index (χ0v) is 11.7. The van der Waals surface area contributed by atoms with Crippen LogP contribution in [0.3, 0.4) is 0 Å². The lowest BCUT2D eigenvalue weighted by molar-refractivity contribution is 0.671. The Morgan fingerprint density at radius 3 is 2.39 bits per heavy atom. The second kappa shape index (κ2) is 5.15. The zero-order valence-electron chi connectivity index (χ0n) is 9.24. The summed E-state index contributed by atoms with van der Waals surface area (Å²) in [5.74, 6) is 0. The summed E-state index contributed by atoms with van der Waals surface area (Å²) in [5.41, 5.74) is 0.966. The summed E-state index contributed by atoms with van der Waals surface area (Å²) in [6.45, 7) is 0. The van der Waals surface area contributed by atoms with Gasteiger partial charge in [0.05, 0.1) is 0 Å². The van der Waals surface area contributed by atoms with Gasteiger partial charge in [0.25, 0.3) is 0 Å². The zero-order chi connectivity index (χ0) is 12.5. The Hall–Kier alpha value is -0.655. The van der Waals surface area contributed by atoms with Crippen LogP contribution < -0.4 is 5.46 Å². The Labute approximate surface area is 117 Å². The lowest BCUT2D eigenvalue weighted by atomic mass is 9.91. The summed E-state index contributed by atoms with van der Waals surface area (Å²) < 4.78 is 20.9. The highest BCUT2D eigenvalue weighted by atomic mass is 32.2. The van der Waals surface area contributed by atoms with Crippen molar-refractivity contribution in [1.29, 1.82) is 0 Å². The van der Waals surface area contributed by atoms with Crippen molar-refractivity contribution >= 4 is 66.0 Å². The van der Waals surface area contributed by atoms with Crippen LogP contribution in [0.25, 0.3) is 20.2 Å². The molecule has 2 N–H and O–H groups in total. The summed E-state index contributed by atoms with van der Waals surface area (Å²) in [4.78, 5) is 0. The SMILES string of the molecule is OSB(SO)c1cccc2c1sc1ccccc12. The van der Waals surface area contributed by atoms with Crippen molar-refractivity contribution in [2.75, 3.05) is 0 Å². The molecule has 0 unspecified atom stereocenters. The number of benzene rings is 2. The molecule has 0 fully saturated rings. The highest BCUT2D eigenvalue weighted by molar-refractivity contribution is 8.52. The van der Waals surface area contributed by atoms with Crippen LogP contribution in [0.2, 0.25) is 0 Å². The minimum Gasteiger partial charge on any atom is -0.340 e. The van der Waals surface area contributed by atoms with Gasteiger partial charge in [0.15, 0.2) is 0 Å². The van der Waals surface area contributed by atoms with E-state index >= 15 is 0 Å². The first kappa shape index (κ1) is 12.4. The van der Waals surface area contributed by atoms with Gasteiger partial charge < -0.3 is 9.11 Å². The first-order chi connectivity index (χ1) is 8.85. The Kier molecular flexibility index (Phi) is 3.54. The molecule has 3 rings (SSSR count). The number of thiophene rings is 1. The van der Waals surface area contributed by atoms with E-state index in [-0.39, 0.29) is 5.27 Å². The molecule has 18 heavy (non-hydrogen) atoms. The van der Waals surface area contributed by atoms with Gasteiger partial charge in [-0.15, -0.1) is 11.3 Å². The molecule has 0 saturated heterocycles. The Bertz CT molecular complexity index is 694. The predicted molar refractivity (Wildman–Crippen MR) is 85.2 cm³/mol. The second-order valence-corrected chi connectivity index (χ2v) is 6.58. The topological polar surface area (TPSA) is 40.5 Å². The fraction of sp³-hybridized carbons (Fsp3) is 0. The fourth-order valence-corrected chi connectivity index (χ4v) is 4.26. The number of hydrogen-bond acceptors (Lipinski definition) is 5. The molecule has 0 radical (unpaired) electrons. The molecule has 0 amide bonds. The molecular formula is C12H9BO2S3. The summed E-state index contributed by atoms with van der Waals surface area (Å²) >= 11 is 3.03. The summed E-state index contributed by atoms with van der Waals surface area (Å²) in [5, 5.41) is 2.05. The van der Waals surface area contributed by atoms with Gasteiger partial charge in [-0.05, 0) is 40.7 Å². The van der Waals surface area contributed by atoms with Crippen LogP contribution in [0.1, 0.15) is 0 Å². The van der Waals surface area contributed by atoms with Gasteiger partial charge in [-0.25, -0.2) is 0 Å². The van der Waals surface area contributed by atoms with E-state index in [0.717, 1.165) is 10.2 Å². The molecule has 0 atom stereocenters. The van der Waals surface area contributed by atoms with Crippen molar-refractivity contribution in [3.05, 3.63) is 42.5 Å². The lowest BCUT2D eigenvalue weighted by Crippen LogP contribution is -2.23. The van der Waals surface area contributed by atoms with Gasteiger partial charge in [0, 0.05) is 14.8 Å². The Morgan fingerprint density at radius 2 is 1.61 bits per heavy atom. The summed E-state index contributed by atoms with van der Waals surface area (Å²) in [6, 6.07) is 14.3. The number of hydrogen-bond donors (Lipinski definition) is 2. The molecule has 0 aliphatic heterocycles. The van der Waals surface area contributed by atoms with Crippen LogP contribution in [0.4, 0.5) is 0 Å². The first-order valence-electron chi connectivity index (χ1n) is 5.35. The largest absolute Gasteiger partial charge is 0.376 e. The molecule has 1 heterocycles. The molecule has 0 saturated carbocycles. The molecular weight excluding hydrogens is 283 g/mol. The highest BCUT2D eigenvalue weighted by Crippen LogP contribution is 2.33. The van der Waals surface area contributed by atoms with Crippen molar-refractivity contribution in [3.8, 4) is 0 Å². The van der Waals surface area contributed by atoms with E-state index in [9.17, 15) is 9.11 Å². The average molecular weight is 292 g/mol. The number of rotatable bonds is 3. The molecule has 0 aliphatic carbocycles. The van der Waals surface area contributed by atoms with E-state index in [1.54, 1.807) is 11.3 Å². The third-order valence-corrected chi connectivity index (χ3v) is 5.52. The molecule has 0 bridgehead atoms. The van der Waals surface area contributed by atoms with Gasteiger partial charge in [-0.3, -0.25) is 0 Å². The highest BCUT2D eigenvalue weighted by Gasteiger charge is 2.22. The van der Waals surface area contributed by atoms with Crippen LogP contribution in [0, 0.1) is 0 Å². The average Bonchev–Trinajstić information content (AvgIpc) is 2.80. The smallest absolute Gasteiger partial charge is 0.340 e. The summed E-state index contributed by atoms with van der Waals surface area (Å²) in [6.07, 6.45) is 0. The van der Waals surface area contributed by atoms with Gasteiger partial charge in [-0.1, -0.05) is 36.4 Å². The van der Waals surface area contributed by atoms with Crippen LogP contribution in [-0.2, 0) is 0 Å². The van der Waals surface area contributed by atoms with Crippen molar-refractivity contribution < 1.29 is 9.11 Å². The molecule has 3 aromatic rings. The molecule has 6 heteroatoms. The van der Waals surface area contributed by atoms with E-state index in [1.165, 1.54) is 15.5 Å². The first-order valence-corrected chi connectivity index (χ1v) is 7.84. The minimum atomic E-state index is -0.359. The van der Waals surface area contributed by atoms with E-state index in [0.29, 0.717) is 23.8 Å². The molecule has 0 spiro atoms. The van der Waals surface area contributed by atoms with Crippen LogP contribution in [-0.4, -0.2) is 14.4 Å². The van der Waals surface area contributed by atoms with Gasteiger partial charge in [0.2, 0.25) is 0 Å². The monoisotopic (exact) mass is 292 g/mol. The number of fused-ring (bicyclic) bond motifs is 3. The van der Waals surface area contributed by atoms with Crippen molar-refractivity contribution in [2.45, 2.75) is 0 Å². The van der Waals surface area contributed by atoms with E-state index in [2.05, 4.69) is 18.2 Å². The van der Waals surface area contributed by atoms with E-state index in [4.69, 9.17) is 0 Å². The predicted octanol–water partition coefficient (Wildman–Crippen LogP) is 4.16. The minimum absolute atomic E-state index is 0.359. The third kappa shape index (κ3) is 1.94. The lowest BCUT2D eigenvalue weighted by Gasteiger charge is -2.06. The van der Waals surface area contributed by atoms with Gasteiger partial charge >= 0.3 is 5.27 Å². The Balaban J connectivity index is 2.34. The van der Waals surface area contributed by atoms with Crippen molar-refractivity contribution in [3.63, 3.8) is 0 Å². The maximum Gasteiger partial charge on any atom is 0.376 e. The maximum atomic E-state index is 9.25.